The Morgan fingerprint density at radius 3 is 2.30 bits per heavy atom. The molecule has 0 bridgehead atoms. The third-order valence-electron chi connectivity index (χ3n) is 4.31. The average molecular weight is 445 g/mol. The summed E-state index contributed by atoms with van der Waals surface area (Å²) in [4.78, 5) is 12.3. The van der Waals surface area contributed by atoms with Crippen molar-refractivity contribution in [3.63, 3.8) is 0 Å². The number of benzene rings is 3. The molecule has 0 saturated carbocycles. The van der Waals surface area contributed by atoms with Gasteiger partial charge in [-0.05, 0) is 54.6 Å². The monoisotopic (exact) mass is 444 g/mol. The van der Waals surface area contributed by atoms with E-state index in [9.17, 15) is 13.2 Å². The summed E-state index contributed by atoms with van der Waals surface area (Å²) in [5, 5.41) is 3.20. The number of carbonyl (C=O) groups excluding carboxylic acids is 1. The fraction of sp³-hybridized carbons (Fsp3) is 0.0952. The van der Waals surface area contributed by atoms with E-state index in [4.69, 9.17) is 21.1 Å². The number of fused-ring (bicyclic) bond motifs is 1. The molecule has 7 nitrogen and oxygen atoms in total. The largest absolute Gasteiger partial charge is 0.486 e. The van der Waals surface area contributed by atoms with Gasteiger partial charge in [0.15, 0.2) is 11.5 Å². The Hall–Kier alpha value is -3.23. The van der Waals surface area contributed by atoms with Crippen molar-refractivity contribution in [2.24, 2.45) is 0 Å². The summed E-state index contributed by atoms with van der Waals surface area (Å²) in [7, 11) is -3.82. The Kier molecular flexibility index (Phi) is 5.52. The van der Waals surface area contributed by atoms with Gasteiger partial charge in [0.25, 0.3) is 15.9 Å². The zero-order valence-electron chi connectivity index (χ0n) is 15.6. The molecule has 2 N–H and O–H groups in total. The first-order chi connectivity index (χ1) is 14.4. The molecule has 1 amide bonds. The highest BCUT2D eigenvalue weighted by Gasteiger charge is 2.19. The first kappa shape index (κ1) is 20.1. The number of carbonyl (C=O) groups is 1. The van der Waals surface area contributed by atoms with E-state index in [-0.39, 0.29) is 10.8 Å². The third kappa shape index (κ3) is 4.50. The molecule has 9 heteroatoms. The molecule has 1 aliphatic heterocycles. The lowest BCUT2D eigenvalue weighted by Gasteiger charge is -2.19. The van der Waals surface area contributed by atoms with E-state index in [2.05, 4.69) is 10.0 Å². The lowest BCUT2D eigenvalue weighted by Crippen LogP contribution is -2.17. The summed E-state index contributed by atoms with van der Waals surface area (Å²) in [5.41, 5.74) is 1.29. The van der Waals surface area contributed by atoms with Crippen molar-refractivity contribution in [1.82, 2.24) is 0 Å². The minimum atomic E-state index is -3.82. The molecule has 0 unspecified atom stereocenters. The number of hydrogen-bond donors (Lipinski definition) is 2. The molecule has 0 spiro atoms. The van der Waals surface area contributed by atoms with Crippen LogP contribution in [0.2, 0.25) is 5.02 Å². The lowest BCUT2D eigenvalue weighted by molar-refractivity contribution is 0.102. The fourth-order valence-corrected chi connectivity index (χ4v) is 4.12. The highest BCUT2D eigenvalue weighted by Crippen LogP contribution is 2.32. The van der Waals surface area contributed by atoms with E-state index in [0.29, 0.717) is 46.7 Å². The van der Waals surface area contributed by atoms with Gasteiger partial charge in [-0.15, -0.1) is 0 Å². The van der Waals surface area contributed by atoms with Crippen molar-refractivity contribution in [2.45, 2.75) is 4.90 Å². The van der Waals surface area contributed by atoms with Crippen molar-refractivity contribution in [3.05, 3.63) is 77.3 Å². The van der Waals surface area contributed by atoms with Gasteiger partial charge >= 0.3 is 0 Å². The molecule has 1 aliphatic rings. The van der Waals surface area contributed by atoms with Crippen LogP contribution in [-0.2, 0) is 10.0 Å². The predicted octanol–water partition coefficient (Wildman–Crippen LogP) is 4.16. The average Bonchev–Trinajstić information content (AvgIpc) is 2.74. The Labute approximate surface area is 178 Å². The van der Waals surface area contributed by atoms with Gasteiger partial charge in [-0.3, -0.25) is 9.52 Å². The van der Waals surface area contributed by atoms with Crippen LogP contribution in [-0.4, -0.2) is 27.5 Å². The van der Waals surface area contributed by atoms with Gasteiger partial charge in [-0.25, -0.2) is 8.42 Å². The molecule has 30 heavy (non-hydrogen) atoms. The van der Waals surface area contributed by atoms with Gasteiger partial charge in [0.2, 0.25) is 0 Å². The molecule has 0 aliphatic carbocycles. The number of rotatable bonds is 5. The van der Waals surface area contributed by atoms with Gasteiger partial charge in [0.05, 0.1) is 4.90 Å². The maximum absolute atomic E-state index is 12.7. The van der Waals surface area contributed by atoms with E-state index in [1.807, 2.05) is 0 Å². The normalized spacial score (nSPS) is 12.8. The number of ether oxygens (including phenoxy) is 2. The standard InChI is InChI=1S/C21H17ClN2O5S/c22-15-3-1-2-14(12-15)21(25)23-16-4-6-17(7-5-16)24-30(26,27)18-8-9-19-20(13-18)29-11-10-28-19/h1-9,12-13,24H,10-11H2,(H,23,25). The molecule has 0 saturated heterocycles. The molecule has 0 radical (unpaired) electrons. The van der Waals surface area contributed by atoms with E-state index in [0.717, 1.165) is 0 Å². The number of amides is 1. The minimum Gasteiger partial charge on any atom is -0.486 e. The number of nitrogens with one attached hydrogen (secondary N) is 2. The first-order valence-corrected chi connectivity index (χ1v) is 10.9. The molecule has 0 atom stereocenters. The molecule has 154 valence electrons. The van der Waals surface area contributed by atoms with Crippen LogP contribution < -0.4 is 19.5 Å². The summed E-state index contributed by atoms with van der Waals surface area (Å²) in [5.74, 6) is 0.588. The van der Waals surface area contributed by atoms with E-state index in [1.165, 1.54) is 12.1 Å². The van der Waals surface area contributed by atoms with Gasteiger partial charge in [0.1, 0.15) is 13.2 Å². The smallest absolute Gasteiger partial charge is 0.262 e. The summed E-state index contributed by atoms with van der Waals surface area (Å²) < 4.78 is 38.7. The number of sulfonamides is 1. The summed E-state index contributed by atoms with van der Waals surface area (Å²) >= 11 is 5.90. The maximum Gasteiger partial charge on any atom is 0.262 e. The highest BCUT2D eigenvalue weighted by molar-refractivity contribution is 7.92. The number of hydrogen-bond acceptors (Lipinski definition) is 5. The fourth-order valence-electron chi connectivity index (χ4n) is 2.86. The zero-order valence-corrected chi connectivity index (χ0v) is 17.2. The number of anilines is 2. The Morgan fingerprint density at radius 2 is 1.57 bits per heavy atom. The van der Waals surface area contributed by atoms with Crippen molar-refractivity contribution in [3.8, 4) is 11.5 Å². The molecule has 1 heterocycles. The lowest BCUT2D eigenvalue weighted by atomic mass is 10.2. The van der Waals surface area contributed by atoms with Crippen LogP contribution in [0.15, 0.2) is 71.6 Å². The molecule has 0 aromatic heterocycles. The summed E-state index contributed by atoms with van der Waals surface area (Å²) in [6.45, 7) is 0.795. The highest BCUT2D eigenvalue weighted by atomic mass is 35.5. The van der Waals surface area contributed by atoms with Gasteiger partial charge in [-0.2, -0.15) is 0 Å². The predicted molar refractivity (Wildman–Crippen MR) is 114 cm³/mol. The SMILES string of the molecule is O=C(Nc1ccc(NS(=O)(=O)c2ccc3c(c2)OCCO3)cc1)c1cccc(Cl)c1. The van der Waals surface area contributed by atoms with Crippen LogP contribution >= 0.6 is 11.6 Å². The molecule has 0 fully saturated rings. The van der Waals surface area contributed by atoms with Gasteiger partial charge < -0.3 is 14.8 Å². The maximum atomic E-state index is 12.7. The van der Waals surface area contributed by atoms with Crippen LogP contribution in [0.5, 0.6) is 11.5 Å². The Morgan fingerprint density at radius 1 is 0.867 bits per heavy atom. The Balaban J connectivity index is 1.46. The van der Waals surface area contributed by atoms with Crippen LogP contribution in [0, 0.1) is 0 Å². The third-order valence-corrected chi connectivity index (χ3v) is 5.92. The minimum absolute atomic E-state index is 0.0603. The second kappa shape index (κ2) is 8.25. The summed E-state index contributed by atoms with van der Waals surface area (Å²) in [6, 6.07) is 17.3. The molecular formula is C21H17ClN2O5S. The first-order valence-electron chi connectivity index (χ1n) is 9.00. The molecule has 3 aromatic carbocycles. The molecular weight excluding hydrogens is 428 g/mol. The summed E-state index contributed by atoms with van der Waals surface area (Å²) in [6.07, 6.45) is 0. The van der Waals surface area contributed by atoms with Crippen LogP contribution in [0.3, 0.4) is 0 Å². The van der Waals surface area contributed by atoms with Crippen molar-refractivity contribution >= 4 is 38.9 Å². The van der Waals surface area contributed by atoms with Crippen molar-refractivity contribution in [1.29, 1.82) is 0 Å². The molecule has 4 rings (SSSR count). The topological polar surface area (TPSA) is 93.7 Å². The second-order valence-corrected chi connectivity index (χ2v) is 8.57. The van der Waals surface area contributed by atoms with Crippen molar-refractivity contribution < 1.29 is 22.7 Å². The Bertz CT molecular complexity index is 1200. The number of halogens is 1. The zero-order chi connectivity index (χ0) is 21.1. The van der Waals surface area contributed by atoms with E-state index in [1.54, 1.807) is 54.6 Å². The van der Waals surface area contributed by atoms with Crippen LogP contribution in [0.25, 0.3) is 0 Å². The van der Waals surface area contributed by atoms with Gasteiger partial charge in [-0.1, -0.05) is 17.7 Å². The van der Waals surface area contributed by atoms with Gasteiger partial charge in [0, 0.05) is 28.0 Å². The van der Waals surface area contributed by atoms with Crippen LogP contribution in [0.4, 0.5) is 11.4 Å². The second-order valence-electron chi connectivity index (χ2n) is 6.45. The van der Waals surface area contributed by atoms with Crippen molar-refractivity contribution in [2.75, 3.05) is 23.3 Å². The van der Waals surface area contributed by atoms with E-state index >= 15 is 0 Å². The quantitative estimate of drug-likeness (QED) is 0.616. The van der Waals surface area contributed by atoms with Crippen LogP contribution in [0.1, 0.15) is 10.4 Å². The molecule has 3 aromatic rings. The van der Waals surface area contributed by atoms with E-state index < -0.39 is 10.0 Å².